The van der Waals surface area contributed by atoms with Gasteiger partial charge < -0.3 is 14.8 Å². The molecule has 1 aromatic heterocycles. The Kier molecular flexibility index (Phi) is 4.23. The van der Waals surface area contributed by atoms with Crippen LogP contribution in [0.3, 0.4) is 0 Å². The van der Waals surface area contributed by atoms with Gasteiger partial charge >= 0.3 is 0 Å². The average molecular weight is 267 g/mol. The van der Waals surface area contributed by atoms with Crippen LogP contribution < -0.4 is 0 Å². The van der Waals surface area contributed by atoms with Crippen LogP contribution in [-0.2, 0) is 4.74 Å². The van der Waals surface area contributed by atoms with E-state index in [0.717, 1.165) is 17.3 Å². The summed E-state index contributed by atoms with van der Waals surface area (Å²) in [6, 6.07) is 5.42. The Morgan fingerprint density at radius 2 is 2.33 bits per heavy atom. The van der Waals surface area contributed by atoms with Crippen molar-refractivity contribution in [3.63, 3.8) is 0 Å². The molecule has 0 saturated carbocycles. The maximum absolute atomic E-state index is 9.81. The van der Waals surface area contributed by atoms with Crippen LogP contribution >= 0.6 is 11.6 Å². The van der Waals surface area contributed by atoms with Crippen molar-refractivity contribution in [2.45, 2.75) is 6.42 Å². The Bertz CT molecular complexity index is 563. The molecule has 1 aromatic carbocycles. The van der Waals surface area contributed by atoms with Crippen molar-refractivity contribution in [3.05, 3.63) is 28.8 Å². The Balaban J connectivity index is 2.21. The normalized spacial score (nSPS) is 11.7. The first-order valence-electron chi connectivity index (χ1n) is 5.71. The maximum Gasteiger partial charge on any atom is 0.198 e. The number of halogens is 1. The molecule has 0 aliphatic carbocycles. The molecular formula is C13H15ClN2O2. The summed E-state index contributed by atoms with van der Waals surface area (Å²) in [4.78, 5) is 7.15. The van der Waals surface area contributed by atoms with E-state index in [2.05, 4.69) is 9.98 Å². The first-order valence-corrected chi connectivity index (χ1v) is 6.09. The molecule has 2 rings (SSSR count). The van der Waals surface area contributed by atoms with Crippen LogP contribution in [0.15, 0.2) is 23.2 Å². The van der Waals surface area contributed by atoms with Gasteiger partial charge in [-0.3, -0.25) is 4.99 Å². The zero-order valence-electron chi connectivity index (χ0n) is 10.1. The molecule has 0 fully saturated rings. The van der Waals surface area contributed by atoms with Crippen molar-refractivity contribution < 1.29 is 9.84 Å². The highest BCUT2D eigenvalue weighted by Gasteiger charge is 2.08. The van der Waals surface area contributed by atoms with E-state index in [9.17, 15) is 5.11 Å². The number of nitrogens with zero attached hydrogens (tertiary/aromatic N) is 1. The molecule has 18 heavy (non-hydrogen) atoms. The molecule has 0 aliphatic rings. The number of aliphatic imine (C=N–C) groups is 1. The van der Waals surface area contributed by atoms with E-state index in [1.54, 1.807) is 19.4 Å². The number of nitrogens with one attached hydrogen (secondary N) is 1. The summed E-state index contributed by atoms with van der Waals surface area (Å²) in [5.74, 6) is 0.114. The predicted molar refractivity (Wildman–Crippen MR) is 73.9 cm³/mol. The second kappa shape index (κ2) is 5.89. The Hall–Kier alpha value is -1.52. The molecular weight excluding hydrogens is 252 g/mol. The highest BCUT2D eigenvalue weighted by atomic mass is 35.5. The lowest BCUT2D eigenvalue weighted by Crippen LogP contribution is -1.91. The number of benzene rings is 1. The molecule has 0 amide bonds. The third-order valence-electron chi connectivity index (χ3n) is 2.64. The number of ether oxygens (including phenoxy) is 1. The van der Waals surface area contributed by atoms with Crippen LogP contribution in [0, 0.1) is 0 Å². The molecule has 0 bridgehead atoms. The first kappa shape index (κ1) is 12.9. The molecule has 0 atom stereocenters. The van der Waals surface area contributed by atoms with E-state index < -0.39 is 0 Å². The zero-order valence-corrected chi connectivity index (χ0v) is 10.9. The fourth-order valence-corrected chi connectivity index (χ4v) is 1.93. The number of aromatic hydroxyl groups is 1. The van der Waals surface area contributed by atoms with E-state index in [1.165, 1.54) is 0 Å². The van der Waals surface area contributed by atoms with E-state index in [0.29, 0.717) is 23.7 Å². The van der Waals surface area contributed by atoms with E-state index in [4.69, 9.17) is 16.3 Å². The Morgan fingerprint density at radius 1 is 1.50 bits per heavy atom. The summed E-state index contributed by atoms with van der Waals surface area (Å²) in [5.41, 5.74) is 1.51. The topological polar surface area (TPSA) is 57.6 Å². The molecule has 0 aliphatic heterocycles. The van der Waals surface area contributed by atoms with Crippen molar-refractivity contribution in [3.8, 4) is 5.88 Å². The third kappa shape index (κ3) is 2.83. The Morgan fingerprint density at radius 3 is 3.11 bits per heavy atom. The number of aromatic amines is 1. The predicted octanol–water partition coefficient (Wildman–Crippen LogP) is 2.98. The molecule has 96 valence electrons. The minimum Gasteiger partial charge on any atom is -0.494 e. The fourth-order valence-electron chi connectivity index (χ4n) is 1.76. The largest absolute Gasteiger partial charge is 0.494 e. The number of aromatic nitrogens is 1. The van der Waals surface area contributed by atoms with Gasteiger partial charge in [-0.1, -0.05) is 11.6 Å². The van der Waals surface area contributed by atoms with Crippen molar-refractivity contribution in [1.82, 2.24) is 4.98 Å². The molecule has 0 saturated heterocycles. The van der Waals surface area contributed by atoms with Gasteiger partial charge in [0.2, 0.25) is 0 Å². The van der Waals surface area contributed by atoms with E-state index >= 15 is 0 Å². The average Bonchev–Trinajstić information content (AvgIpc) is 2.65. The summed E-state index contributed by atoms with van der Waals surface area (Å²) >= 11 is 5.95. The van der Waals surface area contributed by atoms with Gasteiger partial charge in [-0.25, -0.2) is 0 Å². The lowest BCUT2D eigenvalue weighted by Gasteiger charge is -1.95. The molecule has 0 radical (unpaired) electrons. The van der Waals surface area contributed by atoms with Gasteiger partial charge in [0.05, 0.1) is 5.56 Å². The van der Waals surface area contributed by atoms with Crippen LogP contribution in [0.2, 0.25) is 5.02 Å². The van der Waals surface area contributed by atoms with Crippen LogP contribution in [-0.4, -0.2) is 36.6 Å². The van der Waals surface area contributed by atoms with Crippen molar-refractivity contribution >= 4 is 28.7 Å². The molecule has 2 N–H and O–H groups in total. The summed E-state index contributed by atoms with van der Waals surface area (Å²) in [7, 11) is 1.66. The molecule has 0 unspecified atom stereocenters. The highest BCUT2D eigenvalue weighted by molar-refractivity contribution is 6.31. The number of hydrogen-bond acceptors (Lipinski definition) is 3. The maximum atomic E-state index is 9.81. The van der Waals surface area contributed by atoms with Gasteiger partial charge in [0.15, 0.2) is 5.88 Å². The van der Waals surface area contributed by atoms with Crippen LogP contribution in [0.1, 0.15) is 12.0 Å². The summed E-state index contributed by atoms with van der Waals surface area (Å²) < 4.78 is 4.94. The van der Waals surface area contributed by atoms with Gasteiger partial charge in [-0.05, 0) is 24.6 Å². The Labute approximate surface area is 110 Å². The second-order valence-corrected chi connectivity index (χ2v) is 4.40. The number of hydrogen-bond donors (Lipinski definition) is 2. The van der Waals surface area contributed by atoms with Crippen molar-refractivity contribution in [2.24, 2.45) is 4.99 Å². The first-order chi connectivity index (χ1) is 8.72. The van der Waals surface area contributed by atoms with Crippen molar-refractivity contribution in [2.75, 3.05) is 20.3 Å². The lowest BCUT2D eigenvalue weighted by atomic mass is 10.2. The monoisotopic (exact) mass is 266 g/mol. The van der Waals surface area contributed by atoms with Gasteiger partial charge in [-0.15, -0.1) is 0 Å². The van der Waals surface area contributed by atoms with Crippen molar-refractivity contribution in [1.29, 1.82) is 0 Å². The SMILES string of the molecule is COCCCN=Cc1c(O)[nH]c2ccc(Cl)cc12. The van der Waals surface area contributed by atoms with Crippen LogP contribution in [0.5, 0.6) is 5.88 Å². The molecule has 0 spiro atoms. The van der Waals surface area contributed by atoms with E-state index in [1.807, 2.05) is 12.1 Å². The van der Waals surface area contributed by atoms with Gasteiger partial charge in [-0.2, -0.15) is 0 Å². The van der Waals surface area contributed by atoms with Crippen LogP contribution in [0.4, 0.5) is 0 Å². The smallest absolute Gasteiger partial charge is 0.198 e. The summed E-state index contributed by atoms with van der Waals surface area (Å²) in [5, 5.41) is 11.3. The zero-order chi connectivity index (χ0) is 13.0. The highest BCUT2D eigenvalue weighted by Crippen LogP contribution is 2.27. The van der Waals surface area contributed by atoms with Gasteiger partial charge in [0.25, 0.3) is 0 Å². The molecule has 5 heteroatoms. The van der Waals surface area contributed by atoms with Gasteiger partial charge in [0.1, 0.15) is 0 Å². The fraction of sp³-hybridized carbons (Fsp3) is 0.308. The third-order valence-corrected chi connectivity index (χ3v) is 2.87. The second-order valence-electron chi connectivity index (χ2n) is 3.96. The minimum atomic E-state index is 0.114. The van der Waals surface area contributed by atoms with Crippen LogP contribution in [0.25, 0.3) is 10.9 Å². The standard InChI is InChI=1S/C13H15ClN2O2/c1-18-6-2-5-15-8-11-10-7-9(14)3-4-12(10)16-13(11)17/h3-4,7-8,16-17H,2,5-6H2,1H3. The molecule has 2 aromatic rings. The number of methoxy groups -OCH3 is 1. The number of fused-ring (bicyclic) bond motifs is 1. The summed E-state index contributed by atoms with van der Waals surface area (Å²) in [6.07, 6.45) is 2.52. The lowest BCUT2D eigenvalue weighted by molar-refractivity contribution is 0.197. The van der Waals surface area contributed by atoms with Gasteiger partial charge in [0, 0.05) is 42.4 Å². The number of rotatable bonds is 5. The number of H-pyrrole nitrogens is 1. The minimum absolute atomic E-state index is 0.114. The molecule has 1 heterocycles. The van der Waals surface area contributed by atoms with E-state index in [-0.39, 0.29) is 5.88 Å². The molecule has 4 nitrogen and oxygen atoms in total. The summed E-state index contributed by atoms with van der Waals surface area (Å²) in [6.45, 7) is 1.35. The quantitative estimate of drug-likeness (QED) is 0.646.